The standard InChI is InChI=1S/C21H31N5O/c1-15-11-18-19(12-16(15)2)24-20(23-18)13-22-21(27)26-10-4-3-7-17(26)14-25-8-5-6-9-25/h11-12,17H,3-10,13-14H2,1-2H3,(H,22,27)(H,23,24)/t17-/m1/s1. The molecule has 1 aromatic carbocycles. The lowest BCUT2D eigenvalue weighted by Crippen LogP contribution is -2.52. The Hall–Kier alpha value is -2.08. The third-order valence-electron chi connectivity index (χ3n) is 6.11. The van der Waals surface area contributed by atoms with Gasteiger partial charge in [0.2, 0.25) is 0 Å². The summed E-state index contributed by atoms with van der Waals surface area (Å²) < 4.78 is 0. The second kappa shape index (κ2) is 7.89. The molecule has 6 heteroatoms. The minimum absolute atomic E-state index is 0.0479. The zero-order valence-electron chi connectivity index (χ0n) is 16.6. The Morgan fingerprint density at radius 1 is 1.15 bits per heavy atom. The van der Waals surface area contributed by atoms with Crippen molar-refractivity contribution in [1.82, 2.24) is 25.1 Å². The highest BCUT2D eigenvalue weighted by atomic mass is 16.2. The number of aryl methyl sites for hydroxylation is 2. The van der Waals surface area contributed by atoms with Crippen LogP contribution in [0.4, 0.5) is 4.79 Å². The van der Waals surface area contributed by atoms with Gasteiger partial charge in [0, 0.05) is 19.1 Å². The number of piperidine rings is 1. The van der Waals surface area contributed by atoms with Gasteiger partial charge in [-0.2, -0.15) is 0 Å². The average Bonchev–Trinajstić information content (AvgIpc) is 3.30. The summed E-state index contributed by atoms with van der Waals surface area (Å²) in [6, 6.07) is 4.62. The van der Waals surface area contributed by atoms with E-state index < -0.39 is 0 Å². The maximum absolute atomic E-state index is 12.8. The molecule has 6 nitrogen and oxygen atoms in total. The van der Waals surface area contributed by atoms with Crippen molar-refractivity contribution in [2.75, 3.05) is 26.2 Å². The van der Waals surface area contributed by atoms with Gasteiger partial charge in [-0.15, -0.1) is 0 Å². The number of fused-ring (bicyclic) bond motifs is 1. The maximum atomic E-state index is 12.8. The summed E-state index contributed by atoms with van der Waals surface area (Å²) in [7, 11) is 0. The lowest BCUT2D eigenvalue weighted by molar-refractivity contribution is 0.127. The smallest absolute Gasteiger partial charge is 0.318 e. The summed E-state index contributed by atoms with van der Waals surface area (Å²) in [4.78, 5) is 25.4. The summed E-state index contributed by atoms with van der Waals surface area (Å²) >= 11 is 0. The van der Waals surface area contributed by atoms with Crippen LogP contribution in [0.2, 0.25) is 0 Å². The van der Waals surface area contributed by atoms with Gasteiger partial charge in [0.15, 0.2) is 0 Å². The maximum Gasteiger partial charge on any atom is 0.318 e. The molecule has 2 aliphatic heterocycles. The number of carbonyl (C=O) groups is 1. The monoisotopic (exact) mass is 369 g/mol. The van der Waals surface area contributed by atoms with Gasteiger partial charge in [0.1, 0.15) is 5.82 Å². The first-order valence-electron chi connectivity index (χ1n) is 10.3. The van der Waals surface area contributed by atoms with Gasteiger partial charge in [-0.25, -0.2) is 9.78 Å². The number of imidazole rings is 1. The molecule has 2 fully saturated rings. The predicted molar refractivity (Wildman–Crippen MR) is 108 cm³/mol. The van der Waals surface area contributed by atoms with E-state index in [-0.39, 0.29) is 6.03 Å². The van der Waals surface area contributed by atoms with Crippen molar-refractivity contribution < 1.29 is 4.79 Å². The van der Waals surface area contributed by atoms with Gasteiger partial charge in [-0.3, -0.25) is 0 Å². The molecular formula is C21H31N5O. The van der Waals surface area contributed by atoms with Crippen LogP contribution in [0.15, 0.2) is 12.1 Å². The highest BCUT2D eigenvalue weighted by molar-refractivity contribution is 5.77. The number of aromatic nitrogens is 2. The van der Waals surface area contributed by atoms with Crippen LogP contribution in [0.5, 0.6) is 0 Å². The molecule has 0 unspecified atom stereocenters. The topological polar surface area (TPSA) is 64.3 Å². The van der Waals surface area contributed by atoms with E-state index in [1.807, 2.05) is 0 Å². The van der Waals surface area contributed by atoms with Crippen LogP contribution in [0.25, 0.3) is 11.0 Å². The Labute approximate surface area is 161 Å². The van der Waals surface area contributed by atoms with E-state index in [4.69, 9.17) is 0 Å². The number of amides is 2. The number of hydrogen-bond acceptors (Lipinski definition) is 3. The van der Waals surface area contributed by atoms with Crippen LogP contribution in [0.1, 0.15) is 49.1 Å². The van der Waals surface area contributed by atoms with Crippen LogP contribution in [0, 0.1) is 13.8 Å². The summed E-state index contributed by atoms with van der Waals surface area (Å²) in [5.41, 5.74) is 4.49. The molecule has 0 bridgehead atoms. The number of H-pyrrole nitrogens is 1. The minimum atomic E-state index is 0.0479. The molecule has 2 aromatic rings. The van der Waals surface area contributed by atoms with E-state index in [9.17, 15) is 4.79 Å². The number of rotatable bonds is 4. The zero-order valence-corrected chi connectivity index (χ0v) is 16.6. The largest absolute Gasteiger partial charge is 0.340 e. The molecule has 0 spiro atoms. The number of carbonyl (C=O) groups excluding carboxylic acids is 1. The third kappa shape index (κ3) is 4.10. The normalized spacial score (nSPS) is 21.1. The van der Waals surface area contributed by atoms with Crippen molar-refractivity contribution >= 4 is 17.1 Å². The molecule has 2 saturated heterocycles. The fraction of sp³-hybridized carbons (Fsp3) is 0.619. The summed E-state index contributed by atoms with van der Waals surface area (Å²) in [5.74, 6) is 0.816. The summed E-state index contributed by atoms with van der Waals surface area (Å²) in [6.07, 6.45) is 6.04. The lowest BCUT2D eigenvalue weighted by Gasteiger charge is -2.37. The SMILES string of the molecule is Cc1cc2nc(CNC(=O)N3CCCC[C@@H]3CN3CCCC3)[nH]c2cc1C. The number of nitrogens with one attached hydrogen (secondary N) is 2. The molecule has 3 heterocycles. The number of hydrogen-bond donors (Lipinski definition) is 2. The number of aromatic amines is 1. The fourth-order valence-electron chi connectivity index (χ4n) is 4.39. The Kier molecular flexibility index (Phi) is 5.34. The first-order chi connectivity index (χ1) is 13.1. The Bertz CT molecular complexity index is 769. The molecule has 0 aliphatic carbocycles. The van der Waals surface area contributed by atoms with Gasteiger partial charge in [-0.05, 0) is 82.3 Å². The molecule has 27 heavy (non-hydrogen) atoms. The highest BCUT2D eigenvalue weighted by Crippen LogP contribution is 2.21. The first kappa shape index (κ1) is 18.3. The van der Waals surface area contributed by atoms with E-state index in [1.54, 1.807) is 0 Å². The second-order valence-corrected chi connectivity index (χ2v) is 8.15. The molecule has 1 atom stereocenters. The molecule has 0 saturated carbocycles. The molecule has 2 aliphatic rings. The van der Waals surface area contributed by atoms with Crippen LogP contribution in [-0.2, 0) is 6.54 Å². The van der Waals surface area contributed by atoms with Gasteiger partial charge in [-0.1, -0.05) is 0 Å². The Balaban J connectivity index is 1.38. The average molecular weight is 370 g/mol. The molecule has 1 aromatic heterocycles. The van der Waals surface area contributed by atoms with E-state index in [0.717, 1.165) is 42.8 Å². The molecular weight excluding hydrogens is 338 g/mol. The summed E-state index contributed by atoms with van der Waals surface area (Å²) in [5, 5.41) is 3.09. The van der Waals surface area contributed by atoms with Gasteiger partial charge < -0.3 is 20.1 Å². The number of urea groups is 1. The van der Waals surface area contributed by atoms with Crippen LogP contribution >= 0.6 is 0 Å². The molecule has 4 rings (SSSR count). The van der Waals surface area contributed by atoms with Crippen molar-refractivity contribution in [3.63, 3.8) is 0 Å². The first-order valence-corrected chi connectivity index (χ1v) is 10.3. The van der Waals surface area contributed by atoms with E-state index in [0.29, 0.717) is 12.6 Å². The number of benzene rings is 1. The molecule has 146 valence electrons. The third-order valence-corrected chi connectivity index (χ3v) is 6.11. The number of likely N-dealkylation sites (tertiary alicyclic amines) is 2. The van der Waals surface area contributed by atoms with Gasteiger partial charge in [0.25, 0.3) is 0 Å². The van der Waals surface area contributed by atoms with E-state index in [2.05, 4.69) is 51.1 Å². The Morgan fingerprint density at radius 3 is 2.70 bits per heavy atom. The molecule has 2 N–H and O–H groups in total. The quantitative estimate of drug-likeness (QED) is 0.869. The predicted octanol–water partition coefficient (Wildman–Crippen LogP) is 3.34. The molecule has 2 amide bonds. The van der Waals surface area contributed by atoms with Gasteiger partial charge >= 0.3 is 6.03 Å². The van der Waals surface area contributed by atoms with Crippen molar-refractivity contribution in [2.24, 2.45) is 0 Å². The Morgan fingerprint density at radius 2 is 1.89 bits per heavy atom. The lowest BCUT2D eigenvalue weighted by atomic mass is 10.0. The van der Waals surface area contributed by atoms with Gasteiger partial charge in [0.05, 0.1) is 17.6 Å². The number of nitrogens with zero attached hydrogens (tertiary/aromatic N) is 3. The van der Waals surface area contributed by atoms with E-state index in [1.165, 1.54) is 43.5 Å². The van der Waals surface area contributed by atoms with Crippen molar-refractivity contribution in [3.8, 4) is 0 Å². The van der Waals surface area contributed by atoms with Crippen molar-refractivity contribution in [1.29, 1.82) is 0 Å². The molecule has 0 radical (unpaired) electrons. The van der Waals surface area contributed by atoms with Crippen LogP contribution in [0.3, 0.4) is 0 Å². The minimum Gasteiger partial charge on any atom is -0.340 e. The van der Waals surface area contributed by atoms with E-state index >= 15 is 0 Å². The van der Waals surface area contributed by atoms with Crippen LogP contribution < -0.4 is 5.32 Å². The second-order valence-electron chi connectivity index (χ2n) is 8.15. The van der Waals surface area contributed by atoms with Crippen molar-refractivity contribution in [3.05, 3.63) is 29.1 Å². The zero-order chi connectivity index (χ0) is 18.8. The summed E-state index contributed by atoms with van der Waals surface area (Å²) in [6.45, 7) is 8.90. The highest BCUT2D eigenvalue weighted by Gasteiger charge is 2.29. The van der Waals surface area contributed by atoms with Crippen molar-refractivity contribution in [2.45, 2.75) is 58.5 Å². The fourth-order valence-corrected chi connectivity index (χ4v) is 4.39. The van der Waals surface area contributed by atoms with Crippen LogP contribution in [-0.4, -0.2) is 58.0 Å².